The minimum Gasteiger partial charge on any atom is -0.491 e. The Morgan fingerprint density at radius 3 is 2.53 bits per heavy atom. The fourth-order valence-electron chi connectivity index (χ4n) is 2.45. The van der Waals surface area contributed by atoms with Crippen molar-refractivity contribution >= 4 is 41.3 Å². The number of nitrogens with one attached hydrogen (secondary N) is 1. The van der Waals surface area contributed by atoms with Crippen molar-refractivity contribution in [1.82, 2.24) is 15.2 Å². The number of thiazole rings is 1. The van der Waals surface area contributed by atoms with Gasteiger partial charge in [0.05, 0.1) is 29.4 Å². The number of aryl methyl sites for hydroxylation is 1. The maximum absolute atomic E-state index is 12.6. The summed E-state index contributed by atoms with van der Waals surface area (Å²) in [7, 11) is 1.88. The highest BCUT2D eigenvalue weighted by Gasteiger charge is 2.30. The van der Waals surface area contributed by atoms with Crippen LogP contribution in [0.25, 0.3) is 0 Å². The number of hydrogen-bond acceptors (Lipinski definition) is 5. The molecule has 1 aromatic carbocycles. The number of alkyl halides is 3. The SMILES string of the molecule is CCNC(=NCC(O)COc1ccc(C(F)(F)F)cc1)N(C)Cc1csc(C)n1.I. The van der Waals surface area contributed by atoms with E-state index in [1.807, 2.05) is 31.2 Å². The Morgan fingerprint density at radius 2 is 2.00 bits per heavy atom. The molecule has 0 radical (unpaired) electrons. The second-order valence-electron chi connectivity index (χ2n) is 6.40. The number of nitrogens with zero attached hydrogens (tertiary/aromatic N) is 3. The number of rotatable bonds is 8. The van der Waals surface area contributed by atoms with Crippen molar-refractivity contribution in [3.8, 4) is 5.75 Å². The Labute approximate surface area is 195 Å². The van der Waals surface area contributed by atoms with E-state index in [9.17, 15) is 18.3 Å². The summed E-state index contributed by atoms with van der Waals surface area (Å²) >= 11 is 1.58. The van der Waals surface area contributed by atoms with Crippen LogP contribution in [0.15, 0.2) is 34.6 Å². The predicted octanol–water partition coefficient (Wildman–Crippen LogP) is 3.93. The lowest BCUT2D eigenvalue weighted by molar-refractivity contribution is -0.137. The number of aromatic nitrogens is 1. The highest BCUT2D eigenvalue weighted by molar-refractivity contribution is 14.0. The molecule has 1 unspecified atom stereocenters. The van der Waals surface area contributed by atoms with Crippen molar-refractivity contribution in [3.05, 3.63) is 45.9 Å². The van der Waals surface area contributed by atoms with E-state index >= 15 is 0 Å². The standard InChI is InChI=1S/C19H25F3N4O2S.HI/c1-4-23-18(26(3)10-15-12-29-13(2)25-15)24-9-16(27)11-28-17-7-5-14(6-8-17)19(20,21)22;/h5-8,12,16,27H,4,9-11H2,1-3H3,(H,23,24);1H. The number of benzene rings is 1. The summed E-state index contributed by atoms with van der Waals surface area (Å²) in [5.74, 6) is 0.871. The molecule has 2 aromatic rings. The van der Waals surface area contributed by atoms with Crippen LogP contribution in [-0.2, 0) is 12.7 Å². The van der Waals surface area contributed by atoms with Gasteiger partial charge in [-0.15, -0.1) is 35.3 Å². The Kier molecular flexibility index (Phi) is 10.8. The van der Waals surface area contributed by atoms with Gasteiger partial charge in [0.2, 0.25) is 0 Å². The third-order valence-corrected chi connectivity index (χ3v) is 4.66. The third kappa shape index (κ3) is 8.64. The molecule has 0 saturated heterocycles. The van der Waals surface area contributed by atoms with Crippen LogP contribution in [0, 0.1) is 6.92 Å². The van der Waals surface area contributed by atoms with Gasteiger partial charge in [0.15, 0.2) is 5.96 Å². The lowest BCUT2D eigenvalue weighted by Gasteiger charge is -2.21. The summed E-state index contributed by atoms with van der Waals surface area (Å²) in [6.07, 6.45) is -5.29. The molecule has 0 saturated carbocycles. The molecule has 168 valence electrons. The van der Waals surface area contributed by atoms with Crippen LogP contribution in [0.5, 0.6) is 5.75 Å². The van der Waals surface area contributed by atoms with Gasteiger partial charge in [0.1, 0.15) is 18.5 Å². The summed E-state index contributed by atoms with van der Waals surface area (Å²) in [4.78, 5) is 10.7. The number of ether oxygens (including phenoxy) is 1. The maximum Gasteiger partial charge on any atom is 0.416 e. The number of hydrogen-bond donors (Lipinski definition) is 2. The number of aliphatic hydroxyl groups is 1. The third-order valence-electron chi connectivity index (χ3n) is 3.84. The summed E-state index contributed by atoms with van der Waals surface area (Å²) in [6.45, 7) is 5.14. The first-order valence-corrected chi connectivity index (χ1v) is 9.95. The van der Waals surface area contributed by atoms with E-state index in [1.165, 1.54) is 12.1 Å². The Hall–Kier alpha value is -1.60. The van der Waals surface area contributed by atoms with E-state index < -0.39 is 17.8 Å². The van der Waals surface area contributed by atoms with Gasteiger partial charge in [-0.3, -0.25) is 4.99 Å². The van der Waals surface area contributed by atoms with E-state index in [2.05, 4.69) is 15.3 Å². The molecule has 0 amide bonds. The van der Waals surface area contributed by atoms with Gasteiger partial charge >= 0.3 is 6.18 Å². The first-order chi connectivity index (χ1) is 13.7. The molecular weight excluding hydrogens is 532 g/mol. The number of halogens is 4. The lowest BCUT2D eigenvalue weighted by atomic mass is 10.2. The van der Waals surface area contributed by atoms with Gasteiger partial charge in [0.25, 0.3) is 0 Å². The molecular formula is C19H26F3IN4O2S. The van der Waals surface area contributed by atoms with Gasteiger partial charge in [-0.2, -0.15) is 13.2 Å². The molecule has 0 spiro atoms. The molecule has 11 heteroatoms. The zero-order chi connectivity index (χ0) is 21.4. The van der Waals surface area contributed by atoms with Crippen LogP contribution in [0.4, 0.5) is 13.2 Å². The molecule has 30 heavy (non-hydrogen) atoms. The smallest absolute Gasteiger partial charge is 0.416 e. The first kappa shape index (κ1) is 26.4. The van der Waals surface area contributed by atoms with Gasteiger partial charge in [0, 0.05) is 19.0 Å². The molecule has 0 aliphatic rings. The highest BCUT2D eigenvalue weighted by atomic mass is 127. The molecule has 0 aliphatic heterocycles. The van der Waals surface area contributed by atoms with Crippen molar-refractivity contribution < 1.29 is 23.0 Å². The molecule has 1 atom stereocenters. The van der Waals surface area contributed by atoms with E-state index in [4.69, 9.17) is 4.74 Å². The van der Waals surface area contributed by atoms with E-state index in [0.717, 1.165) is 22.8 Å². The molecule has 2 N–H and O–H groups in total. The quantitative estimate of drug-likeness (QED) is 0.292. The van der Waals surface area contributed by atoms with Crippen LogP contribution in [0.1, 0.15) is 23.2 Å². The van der Waals surface area contributed by atoms with Crippen LogP contribution in [0.2, 0.25) is 0 Å². The molecule has 0 fully saturated rings. The zero-order valence-corrected chi connectivity index (χ0v) is 20.1. The Morgan fingerprint density at radius 1 is 1.33 bits per heavy atom. The van der Waals surface area contributed by atoms with Crippen molar-refractivity contribution in [2.45, 2.75) is 32.7 Å². The average Bonchev–Trinajstić information content (AvgIpc) is 3.07. The zero-order valence-electron chi connectivity index (χ0n) is 16.9. The summed E-state index contributed by atoms with van der Waals surface area (Å²) < 4.78 is 43.1. The molecule has 0 aliphatic carbocycles. The van der Waals surface area contributed by atoms with E-state index in [-0.39, 0.29) is 42.9 Å². The Balaban J connectivity index is 0.00000450. The predicted molar refractivity (Wildman–Crippen MR) is 123 cm³/mol. The average molecular weight is 558 g/mol. The molecule has 2 rings (SSSR count). The minimum absolute atomic E-state index is 0. The lowest BCUT2D eigenvalue weighted by Crippen LogP contribution is -2.39. The topological polar surface area (TPSA) is 70.0 Å². The first-order valence-electron chi connectivity index (χ1n) is 9.07. The van der Waals surface area contributed by atoms with Crippen molar-refractivity contribution in [1.29, 1.82) is 0 Å². The largest absolute Gasteiger partial charge is 0.491 e. The highest BCUT2D eigenvalue weighted by Crippen LogP contribution is 2.30. The fraction of sp³-hybridized carbons (Fsp3) is 0.474. The Bertz CT molecular complexity index is 800. The number of aliphatic hydroxyl groups excluding tert-OH is 1. The molecule has 1 heterocycles. The van der Waals surface area contributed by atoms with Crippen LogP contribution in [0.3, 0.4) is 0 Å². The number of guanidine groups is 1. The fourth-order valence-corrected chi connectivity index (χ4v) is 3.05. The van der Waals surface area contributed by atoms with E-state index in [1.54, 1.807) is 11.3 Å². The summed E-state index contributed by atoms with van der Waals surface area (Å²) in [5.41, 5.74) is 0.190. The second-order valence-corrected chi connectivity index (χ2v) is 7.46. The number of aliphatic imine (C=N–C) groups is 1. The van der Waals surface area contributed by atoms with Crippen LogP contribution < -0.4 is 10.1 Å². The monoisotopic (exact) mass is 558 g/mol. The normalized spacial score (nSPS) is 12.8. The maximum atomic E-state index is 12.6. The van der Waals surface area contributed by atoms with Crippen molar-refractivity contribution in [3.63, 3.8) is 0 Å². The molecule has 1 aromatic heterocycles. The molecule has 0 bridgehead atoms. The van der Waals surface area contributed by atoms with Crippen LogP contribution >= 0.6 is 35.3 Å². The summed E-state index contributed by atoms with van der Waals surface area (Å²) in [6, 6.07) is 4.34. The van der Waals surface area contributed by atoms with E-state index in [0.29, 0.717) is 19.0 Å². The van der Waals surface area contributed by atoms with Gasteiger partial charge < -0.3 is 20.1 Å². The van der Waals surface area contributed by atoms with Crippen LogP contribution in [-0.4, -0.2) is 53.8 Å². The van der Waals surface area contributed by atoms with Gasteiger partial charge in [-0.1, -0.05) is 0 Å². The summed E-state index contributed by atoms with van der Waals surface area (Å²) in [5, 5.41) is 16.2. The van der Waals surface area contributed by atoms with Crippen molar-refractivity contribution in [2.75, 3.05) is 26.7 Å². The van der Waals surface area contributed by atoms with Gasteiger partial charge in [-0.05, 0) is 38.1 Å². The van der Waals surface area contributed by atoms with Crippen molar-refractivity contribution in [2.24, 2.45) is 4.99 Å². The van der Waals surface area contributed by atoms with Gasteiger partial charge in [-0.25, -0.2) is 4.98 Å². The molecule has 6 nitrogen and oxygen atoms in total. The second kappa shape index (κ2) is 12.3. The minimum atomic E-state index is -4.39.